The largest absolute Gasteiger partial charge is 0.487 e. The smallest absolute Gasteiger partial charge is 0.124 e. The van der Waals surface area contributed by atoms with Crippen LogP contribution in [0.3, 0.4) is 0 Å². The Hall–Kier alpha value is -1.02. The van der Waals surface area contributed by atoms with E-state index in [1.165, 1.54) is 18.4 Å². The first-order chi connectivity index (χ1) is 8.29. The third-order valence-corrected chi connectivity index (χ3v) is 4.43. The molecule has 0 aromatic heterocycles. The fourth-order valence-electron chi connectivity index (χ4n) is 3.20. The van der Waals surface area contributed by atoms with Gasteiger partial charge >= 0.3 is 0 Å². The Morgan fingerprint density at radius 1 is 1.35 bits per heavy atom. The van der Waals surface area contributed by atoms with Gasteiger partial charge in [0.05, 0.1) is 0 Å². The first kappa shape index (κ1) is 11.1. The summed E-state index contributed by atoms with van der Waals surface area (Å²) in [4.78, 5) is 0. The van der Waals surface area contributed by atoms with Crippen molar-refractivity contribution in [3.63, 3.8) is 0 Å². The summed E-state index contributed by atoms with van der Waals surface area (Å²) in [6, 6.07) is 8.92. The van der Waals surface area contributed by atoms with Crippen LogP contribution in [0, 0.1) is 5.92 Å². The van der Waals surface area contributed by atoms with E-state index in [0.717, 1.165) is 24.5 Å². The average Bonchev–Trinajstić information content (AvgIpc) is 3.22. The van der Waals surface area contributed by atoms with E-state index in [9.17, 15) is 0 Å². The molecule has 1 aromatic carbocycles. The molecule has 17 heavy (non-hydrogen) atoms. The van der Waals surface area contributed by atoms with E-state index in [-0.39, 0.29) is 5.60 Å². The van der Waals surface area contributed by atoms with Crippen LogP contribution in [-0.2, 0) is 0 Å². The van der Waals surface area contributed by atoms with Gasteiger partial charge in [0.1, 0.15) is 11.4 Å². The van der Waals surface area contributed by atoms with E-state index < -0.39 is 0 Å². The molecule has 0 spiro atoms. The van der Waals surface area contributed by atoms with Gasteiger partial charge in [0, 0.05) is 18.0 Å². The van der Waals surface area contributed by atoms with Gasteiger partial charge in [0.25, 0.3) is 0 Å². The van der Waals surface area contributed by atoms with Gasteiger partial charge in [-0.1, -0.05) is 25.1 Å². The quantitative estimate of drug-likeness (QED) is 0.862. The molecule has 2 unspecified atom stereocenters. The minimum atomic E-state index is 0.0853. The molecule has 1 aliphatic carbocycles. The maximum absolute atomic E-state index is 6.38. The van der Waals surface area contributed by atoms with Crippen LogP contribution in [-0.4, -0.2) is 12.6 Å². The molecular formula is C15H21NO. The van der Waals surface area contributed by atoms with E-state index in [2.05, 4.69) is 43.6 Å². The molecule has 0 saturated heterocycles. The lowest BCUT2D eigenvalue weighted by molar-refractivity contribution is 0.00669. The number of benzene rings is 1. The number of hydrogen-bond donors (Lipinski definition) is 1. The first-order valence-electron chi connectivity index (χ1n) is 6.74. The molecule has 1 saturated carbocycles. The summed E-state index contributed by atoms with van der Waals surface area (Å²) in [6.07, 6.45) is 4.91. The summed E-state index contributed by atoms with van der Waals surface area (Å²) >= 11 is 0. The summed E-state index contributed by atoms with van der Waals surface area (Å²) in [6.45, 7) is 2.26. The Kier molecular flexibility index (Phi) is 2.62. The van der Waals surface area contributed by atoms with Gasteiger partial charge in [-0.15, -0.1) is 0 Å². The fraction of sp³-hybridized carbons (Fsp3) is 0.600. The van der Waals surface area contributed by atoms with Crippen LogP contribution < -0.4 is 10.1 Å². The fourth-order valence-corrected chi connectivity index (χ4v) is 3.20. The lowest BCUT2D eigenvalue weighted by Gasteiger charge is -2.42. The molecule has 1 aliphatic heterocycles. The number of ether oxygens (including phenoxy) is 1. The van der Waals surface area contributed by atoms with Crippen molar-refractivity contribution in [3.05, 3.63) is 29.8 Å². The Balaban J connectivity index is 1.99. The van der Waals surface area contributed by atoms with Crippen LogP contribution >= 0.6 is 0 Å². The minimum absolute atomic E-state index is 0.0853. The second kappa shape index (κ2) is 4.02. The molecule has 92 valence electrons. The molecule has 3 rings (SSSR count). The van der Waals surface area contributed by atoms with Crippen LogP contribution in [0.5, 0.6) is 5.75 Å². The normalized spacial score (nSPS) is 31.8. The predicted molar refractivity (Wildman–Crippen MR) is 69.2 cm³/mol. The zero-order valence-electron chi connectivity index (χ0n) is 10.7. The van der Waals surface area contributed by atoms with E-state index in [4.69, 9.17) is 4.74 Å². The van der Waals surface area contributed by atoms with Gasteiger partial charge in [-0.2, -0.15) is 0 Å². The van der Waals surface area contributed by atoms with Crippen LogP contribution in [0.4, 0.5) is 0 Å². The molecule has 2 nitrogen and oxygen atoms in total. The Morgan fingerprint density at radius 3 is 2.76 bits per heavy atom. The number of para-hydroxylation sites is 1. The Morgan fingerprint density at radius 2 is 2.12 bits per heavy atom. The molecule has 0 bridgehead atoms. The highest BCUT2D eigenvalue weighted by Crippen LogP contribution is 2.52. The summed E-state index contributed by atoms with van der Waals surface area (Å²) in [5.74, 6) is 1.86. The lowest BCUT2D eigenvalue weighted by Crippen LogP contribution is -2.45. The molecule has 2 atom stereocenters. The van der Waals surface area contributed by atoms with Gasteiger partial charge in [0.15, 0.2) is 0 Å². The molecule has 1 N–H and O–H groups in total. The Bertz CT molecular complexity index is 413. The molecule has 2 aliphatic rings. The van der Waals surface area contributed by atoms with Crippen molar-refractivity contribution in [2.24, 2.45) is 5.92 Å². The predicted octanol–water partition coefficient (Wildman–Crippen LogP) is 3.29. The maximum atomic E-state index is 6.38. The summed E-state index contributed by atoms with van der Waals surface area (Å²) < 4.78 is 6.38. The monoisotopic (exact) mass is 231 g/mol. The molecular weight excluding hydrogens is 210 g/mol. The lowest BCUT2D eigenvalue weighted by atomic mass is 9.82. The maximum Gasteiger partial charge on any atom is 0.124 e. The molecule has 1 heterocycles. The second-order valence-corrected chi connectivity index (χ2v) is 5.38. The van der Waals surface area contributed by atoms with E-state index in [1.807, 2.05) is 0 Å². The summed E-state index contributed by atoms with van der Waals surface area (Å²) in [7, 11) is 2.06. The van der Waals surface area contributed by atoms with Crippen molar-refractivity contribution >= 4 is 0 Å². The standard InChI is InChI=1S/C15H21NO/c1-3-15(11-8-9-11)10-13(16-2)12-6-4-5-7-14(12)17-15/h4-7,11,13,16H,3,8-10H2,1-2H3. The van der Waals surface area contributed by atoms with Crippen molar-refractivity contribution < 1.29 is 4.74 Å². The first-order valence-corrected chi connectivity index (χ1v) is 6.74. The van der Waals surface area contributed by atoms with Crippen LogP contribution in [0.15, 0.2) is 24.3 Å². The molecule has 0 amide bonds. The van der Waals surface area contributed by atoms with E-state index >= 15 is 0 Å². The van der Waals surface area contributed by atoms with Crippen molar-refractivity contribution in [1.82, 2.24) is 5.32 Å². The highest BCUT2D eigenvalue weighted by molar-refractivity contribution is 5.39. The average molecular weight is 231 g/mol. The zero-order valence-corrected chi connectivity index (χ0v) is 10.7. The van der Waals surface area contributed by atoms with Gasteiger partial charge in [-0.3, -0.25) is 0 Å². The van der Waals surface area contributed by atoms with Crippen LogP contribution in [0.1, 0.15) is 44.2 Å². The number of hydrogen-bond acceptors (Lipinski definition) is 2. The summed E-state index contributed by atoms with van der Waals surface area (Å²) in [5, 5.41) is 3.45. The molecule has 0 radical (unpaired) electrons. The van der Waals surface area contributed by atoms with Crippen molar-refractivity contribution in [2.45, 2.75) is 44.2 Å². The van der Waals surface area contributed by atoms with Crippen molar-refractivity contribution in [1.29, 1.82) is 0 Å². The number of nitrogens with one attached hydrogen (secondary N) is 1. The van der Waals surface area contributed by atoms with Gasteiger partial charge < -0.3 is 10.1 Å². The Labute approximate surface area is 103 Å². The highest BCUT2D eigenvalue weighted by Gasteiger charge is 2.49. The zero-order chi connectivity index (χ0) is 11.9. The van der Waals surface area contributed by atoms with Gasteiger partial charge in [0.2, 0.25) is 0 Å². The third-order valence-electron chi connectivity index (χ3n) is 4.43. The number of fused-ring (bicyclic) bond motifs is 1. The summed E-state index contributed by atoms with van der Waals surface area (Å²) in [5.41, 5.74) is 1.40. The van der Waals surface area contributed by atoms with Crippen molar-refractivity contribution in [2.75, 3.05) is 7.05 Å². The van der Waals surface area contributed by atoms with E-state index in [1.54, 1.807) is 0 Å². The van der Waals surface area contributed by atoms with Crippen LogP contribution in [0.2, 0.25) is 0 Å². The molecule has 1 aromatic rings. The SMILES string of the molecule is CCC1(C2CC2)CC(NC)c2ccccc2O1. The molecule has 2 heteroatoms. The van der Waals surface area contributed by atoms with E-state index in [0.29, 0.717) is 6.04 Å². The second-order valence-electron chi connectivity index (χ2n) is 5.38. The number of rotatable bonds is 3. The van der Waals surface area contributed by atoms with Crippen LogP contribution in [0.25, 0.3) is 0 Å². The molecule has 1 fully saturated rings. The highest BCUT2D eigenvalue weighted by atomic mass is 16.5. The van der Waals surface area contributed by atoms with Gasteiger partial charge in [-0.05, 0) is 38.3 Å². The van der Waals surface area contributed by atoms with Gasteiger partial charge in [-0.25, -0.2) is 0 Å². The topological polar surface area (TPSA) is 21.3 Å². The third kappa shape index (κ3) is 1.75. The minimum Gasteiger partial charge on any atom is -0.487 e. The van der Waals surface area contributed by atoms with Crippen molar-refractivity contribution in [3.8, 4) is 5.75 Å².